The van der Waals surface area contributed by atoms with Crippen LogP contribution >= 0.6 is 35.0 Å². The lowest BCUT2D eigenvalue weighted by Crippen LogP contribution is -2.50. The summed E-state index contributed by atoms with van der Waals surface area (Å²) in [5.74, 6) is 0.612. The lowest BCUT2D eigenvalue weighted by Gasteiger charge is -2.44. The molecule has 0 radical (unpaired) electrons. The highest BCUT2D eigenvalue weighted by molar-refractivity contribution is 7.99. The maximum absolute atomic E-state index is 13.2. The van der Waals surface area contributed by atoms with Crippen LogP contribution in [0.15, 0.2) is 47.6 Å². The Morgan fingerprint density at radius 1 is 1.18 bits per heavy atom. The minimum atomic E-state index is -0.270. The lowest BCUT2D eigenvalue weighted by atomic mass is 9.83. The zero-order valence-corrected chi connectivity index (χ0v) is 23.9. The van der Waals surface area contributed by atoms with Gasteiger partial charge in [-0.15, -0.1) is 0 Å². The molecule has 0 saturated heterocycles. The van der Waals surface area contributed by atoms with Crippen molar-refractivity contribution in [2.45, 2.75) is 30.8 Å². The first-order valence-corrected chi connectivity index (χ1v) is 13.9. The predicted octanol–water partition coefficient (Wildman–Crippen LogP) is 5.42. The Bertz CT molecular complexity index is 1410. The summed E-state index contributed by atoms with van der Waals surface area (Å²) in [6.07, 6.45) is 2.38. The van der Waals surface area contributed by atoms with Gasteiger partial charge >= 0.3 is 0 Å². The van der Waals surface area contributed by atoms with Crippen molar-refractivity contribution in [3.05, 3.63) is 69.3 Å². The van der Waals surface area contributed by atoms with Gasteiger partial charge in [-0.2, -0.15) is 0 Å². The molecule has 8 nitrogen and oxygen atoms in total. The second-order valence-corrected chi connectivity index (χ2v) is 11.8. The number of rotatable bonds is 5. The van der Waals surface area contributed by atoms with Crippen LogP contribution in [-0.4, -0.2) is 64.6 Å². The van der Waals surface area contributed by atoms with Crippen molar-refractivity contribution in [1.82, 2.24) is 19.8 Å². The summed E-state index contributed by atoms with van der Waals surface area (Å²) in [4.78, 5) is 40.0. The molecule has 198 valence electrons. The van der Waals surface area contributed by atoms with E-state index in [0.29, 0.717) is 44.7 Å². The van der Waals surface area contributed by atoms with Crippen molar-refractivity contribution in [1.29, 1.82) is 0 Å². The van der Waals surface area contributed by atoms with E-state index in [4.69, 9.17) is 23.2 Å². The molecule has 5 rings (SSSR count). The fourth-order valence-corrected chi connectivity index (χ4v) is 6.36. The molecule has 0 atom stereocenters. The van der Waals surface area contributed by atoms with Gasteiger partial charge in [0.05, 0.1) is 33.7 Å². The van der Waals surface area contributed by atoms with E-state index in [0.717, 1.165) is 18.7 Å². The van der Waals surface area contributed by atoms with Crippen LogP contribution in [0.4, 0.5) is 17.3 Å². The van der Waals surface area contributed by atoms with Crippen molar-refractivity contribution in [3.63, 3.8) is 0 Å². The molecule has 3 aromatic rings. The van der Waals surface area contributed by atoms with Gasteiger partial charge in [0.2, 0.25) is 11.9 Å². The summed E-state index contributed by atoms with van der Waals surface area (Å²) < 4.78 is 0. The first kappa shape index (κ1) is 26.7. The van der Waals surface area contributed by atoms with E-state index in [1.165, 1.54) is 29.1 Å². The average molecular weight is 572 g/mol. The minimum Gasteiger partial charge on any atom is -0.348 e. The number of likely N-dealkylation sites (N-methyl/N-ethyl adjacent to an activating group) is 1. The summed E-state index contributed by atoms with van der Waals surface area (Å²) in [5, 5.41) is 4.72. The van der Waals surface area contributed by atoms with Gasteiger partial charge in [0.25, 0.3) is 5.91 Å². The molecule has 2 amide bonds. The first-order chi connectivity index (χ1) is 18.1. The highest BCUT2D eigenvalue weighted by Crippen LogP contribution is 2.40. The van der Waals surface area contributed by atoms with Crippen LogP contribution in [0.25, 0.3) is 0 Å². The standard InChI is InChI=1S/C27H28Cl2N6O2S/c1-27(2)19-9-8-17(12-16(19)10-11-34(27)14-22(36)33(3)4)31-26-30-13-18-24(32-26)38-15-35(25(18)37)23-20(28)6-5-7-21(23)29/h5-9,12-13H,10-11,14-15H2,1-4H3,(H,30,31,32). The van der Waals surface area contributed by atoms with Crippen molar-refractivity contribution in [2.75, 3.05) is 43.3 Å². The Balaban J connectivity index is 1.34. The molecule has 11 heteroatoms. The van der Waals surface area contributed by atoms with E-state index < -0.39 is 0 Å². The molecule has 0 spiro atoms. The van der Waals surface area contributed by atoms with E-state index in [-0.39, 0.29) is 17.4 Å². The van der Waals surface area contributed by atoms with E-state index >= 15 is 0 Å². The maximum Gasteiger partial charge on any atom is 0.263 e. The van der Waals surface area contributed by atoms with Gasteiger partial charge in [-0.05, 0) is 55.7 Å². The zero-order valence-electron chi connectivity index (χ0n) is 21.6. The summed E-state index contributed by atoms with van der Waals surface area (Å²) in [5.41, 5.74) is 3.92. The van der Waals surface area contributed by atoms with Crippen molar-refractivity contribution >= 4 is 64.1 Å². The van der Waals surface area contributed by atoms with Gasteiger partial charge in [0.1, 0.15) is 5.03 Å². The van der Waals surface area contributed by atoms with E-state index in [2.05, 4.69) is 46.2 Å². The van der Waals surface area contributed by atoms with E-state index in [1.54, 1.807) is 42.1 Å². The molecule has 2 aliphatic rings. The number of amides is 2. The number of fused-ring (bicyclic) bond motifs is 2. The van der Waals surface area contributed by atoms with Crippen LogP contribution in [0.2, 0.25) is 10.0 Å². The molecule has 1 N–H and O–H groups in total. The molecule has 1 aromatic heterocycles. The predicted molar refractivity (Wildman–Crippen MR) is 153 cm³/mol. The fourth-order valence-electron chi connectivity index (χ4n) is 4.82. The summed E-state index contributed by atoms with van der Waals surface area (Å²) in [7, 11) is 3.57. The molecule has 0 fully saturated rings. The maximum atomic E-state index is 13.2. The Morgan fingerprint density at radius 2 is 1.92 bits per heavy atom. The molecule has 0 bridgehead atoms. The smallest absolute Gasteiger partial charge is 0.263 e. The van der Waals surface area contributed by atoms with E-state index in [9.17, 15) is 9.59 Å². The number of carbonyl (C=O) groups is 2. The average Bonchev–Trinajstić information content (AvgIpc) is 2.86. The van der Waals surface area contributed by atoms with Crippen LogP contribution in [-0.2, 0) is 16.8 Å². The van der Waals surface area contributed by atoms with Gasteiger partial charge in [0.15, 0.2) is 0 Å². The van der Waals surface area contributed by atoms with Crippen molar-refractivity contribution in [3.8, 4) is 0 Å². The quantitative estimate of drug-likeness (QED) is 0.410. The number of halogens is 2. The number of benzene rings is 2. The monoisotopic (exact) mass is 570 g/mol. The Labute approximate surface area is 236 Å². The number of nitrogens with zero attached hydrogens (tertiary/aromatic N) is 5. The Kier molecular flexibility index (Phi) is 7.30. The number of aromatic nitrogens is 2. The van der Waals surface area contributed by atoms with Gasteiger partial charge in [-0.3, -0.25) is 19.4 Å². The number of hydrogen-bond donors (Lipinski definition) is 1. The SMILES string of the molecule is CN(C)C(=O)CN1CCc2cc(Nc3ncc4c(n3)SCN(c3c(Cl)cccc3Cl)C4=O)ccc2C1(C)C. The minimum absolute atomic E-state index is 0.0961. The molecule has 2 aromatic carbocycles. The highest BCUT2D eigenvalue weighted by Gasteiger charge is 2.36. The second kappa shape index (κ2) is 10.4. The molecular weight excluding hydrogens is 543 g/mol. The van der Waals surface area contributed by atoms with Gasteiger partial charge in [0, 0.05) is 38.1 Å². The Hall–Kier alpha value is -2.85. The number of nitrogens with one attached hydrogen (secondary N) is 1. The van der Waals surface area contributed by atoms with Crippen LogP contribution in [0.1, 0.15) is 35.3 Å². The Morgan fingerprint density at radius 3 is 2.63 bits per heavy atom. The molecular formula is C27H28Cl2N6O2S. The van der Waals surface area contributed by atoms with Crippen LogP contribution in [0, 0.1) is 0 Å². The highest BCUT2D eigenvalue weighted by atomic mass is 35.5. The fraction of sp³-hybridized carbons (Fsp3) is 0.333. The lowest BCUT2D eigenvalue weighted by molar-refractivity contribution is -0.131. The van der Waals surface area contributed by atoms with Crippen LogP contribution in [0.5, 0.6) is 0 Å². The molecule has 2 aliphatic heterocycles. The third-order valence-electron chi connectivity index (χ3n) is 7.05. The molecule has 3 heterocycles. The van der Waals surface area contributed by atoms with Gasteiger partial charge in [-0.25, -0.2) is 9.97 Å². The largest absolute Gasteiger partial charge is 0.348 e. The number of para-hydroxylation sites is 1. The third-order valence-corrected chi connectivity index (χ3v) is 8.64. The summed E-state index contributed by atoms with van der Waals surface area (Å²) >= 11 is 14.1. The summed E-state index contributed by atoms with van der Waals surface area (Å²) in [6.45, 7) is 5.49. The van der Waals surface area contributed by atoms with Gasteiger partial charge in [-0.1, -0.05) is 47.1 Å². The van der Waals surface area contributed by atoms with Crippen LogP contribution < -0.4 is 10.2 Å². The third kappa shape index (κ3) is 4.96. The van der Waals surface area contributed by atoms with Crippen LogP contribution in [0.3, 0.4) is 0 Å². The number of carbonyl (C=O) groups excluding carboxylic acids is 2. The van der Waals surface area contributed by atoms with Crippen molar-refractivity contribution in [2.24, 2.45) is 0 Å². The number of hydrogen-bond acceptors (Lipinski definition) is 7. The molecule has 38 heavy (non-hydrogen) atoms. The second-order valence-electron chi connectivity index (χ2n) is 10.0. The van der Waals surface area contributed by atoms with Gasteiger partial charge < -0.3 is 10.2 Å². The molecule has 0 aliphatic carbocycles. The van der Waals surface area contributed by atoms with Crippen molar-refractivity contribution < 1.29 is 9.59 Å². The number of thioether (sulfide) groups is 1. The molecule has 0 saturated carbocycles. The summed E-state index contributed by atoms with van der Waals surface area (Å²) in [6, 6.07) is 11.4. The molecule has 0 unspecified atom stereocenters. The normalized spacial score (nSPS) is 16.6. The first-order valence-electron chi connectivity index (χ1n) is 12.2. The topological polar surface area (TPSA) is 81.7 Å². The van der Waals surface area contributed by atoms with E-state index in [1.807, 2.05) is 6.07 Å². The zero-order chi connectivity index (χ0) is 27.2. The number of anilines is 3.